The first-order chi connectivity index (χ1) is 12.0. The van der Waals surface area contributed by atoms with E-state index >= 15 is 0 Å². The quantitative estimate of drug-likeness (QED) is 0.729. The Hall–Kier alpha value is -2.24. The minimum atomic E-state index is -0.172. The number of rotatable bonds is 3. The Kier molecular flexibility index (Phi) is 5.16. The van der Waals surface area contributed by atoms with Crippen LogP contribution in [0.2, 0.25) is 5.02 Å². The van der Waals surface area contributed by atoms with Gasteiger partial charge < -0.3 is 4.74 Å². The molecule has 0 saturated carbocycles. The Morgan fingerprint density at radius 3 is 2.64 bits per heavy atom. The van der Waals surface area contributed by atoms with Crippen LogP contribution < -0.4 is 9.64 Å². The SMILES string of the molecule is COc1ccc(N2C(=O)C(=Cc3ccccc3C)N=C2SC)cc1Cl. The maximum atomic E-state index is 12.9. The molecule has 25 heavy (non-hydrogen) atoms. The Morgan fingerprint density at radius 2 is 2.00 bits per heavy atom. The van der Waals surface area contributed by atoms with Crippen LogP contribution >= 0.6 is 23.4 Å². The van der Waals surface area contributed by atoms with E-state index in [2.05, 4.69) is 4.99 Å². The second-order valence-corrected chi connectivity index (χ2v) is 6.62. The van der Waals surface area contributed by atoms with Crippen molar-refractivity contribution >= 4 is 46.2 Å². The van der Waals surface area contributed by atoms with Gasteiger partial charge in [0.1, 0.15) is 11.4 Å². The highest BCUT2D eigenvalue weighted by atomic mass is 35.5. The van der Waals surface area contributed by atoms with Gasteiger partial charge in [-0.1, -0.05) is 47.6 Å². The molecule has 4 nitrogen and oxygen atoms in total. The maximum Gasteiger partial charge on any atom is 0.283 e. The number of carbonyl (C=O) groups is 1. The third kappa shape index (κ3) is 3.43. The van der Waals surface area contributed by atoms with Crippen molar-refractivity contribution in [3.8, 4) is 5.75 Å². The maximum absolute atomic E-state index is 12.9. The number of carbonyl (C=O) groups excluding carboxylic acids is 1. The Balaban J connectivity index is 2.00. The van der Waals surface area contributed by atoms with E-state index in [0.717, 1.165) is 11.1 Å². The first-order valence-electron chi connectivity index (χ1n) is 7.63. The fraction of sp³-hybridized carbons (Fsp3) is 0.158. The molecule has 0 bridgehead atoms. The van der Waals surface area contributed by atoms with Crippen LogP contribution in [0.25, 0.3) is 6.08 Å². The molecule has 6 heteroatoms. The van der Waals surface area contributed by atoms with Crippen molar-refractivity contribution in [1.82, 2.24) is 0 Å². The zero-order valence-electron chi connectivity index (χ0n) is 14.1. The van der Waals surface area contributed by atoms with Crippen LogP contribution in [0.15, 0.2) is 53.2 Å². The summed E-state index contributed by atoms with van der Waals surface area (Å²) in [6.45, 7) is 2.01. The van der Waals surface area contributed by atoms with E-state index in [1.54, 1.807) is 30.2 Å². The van der Waals surface area contributed by atoms with Gasteiger partial charge in [0.25, 0.3) is 5.91 Å². The molecule has 0 atom stereocenters. The summed E-state index contributed by atoms with van der Waals surface area (Å²) in [6, 6.07) is 13.1. The number of thioether (sulfide) groups is 1. The summed E-state index contributed by atoms with van der Waals surface area (Å²) >= 11 is 7.62. The lowest BCUT2D eigenvalue weighted by Gasteiger charge is -2.17. The molecule has 1 heterocycles. The minimum Gasteiger partial charge on any atom is -0.495 e. The number of methoxy groups -OCH3 is 1. The second-order valence-electron chi connectivity index (χ2n) is 5.44. The number of hydrogen-bond acceptors (Lipinski definition) is 4. The number of amides is 1. The van der Waals surface area contributed by atoms with Crippen LogP contribution in [0.4, 0.5) is 5.69 Å². The molecule has 0 N–H and O–H groups in total. The van der Waals surface area contributed by atoms with Crippen LogP contribution in [0.5, 0.6) is 5.75 Å². The lowest BCUT2D eigenvalue weighted by Crippen LogP contribution is -2.30. The Labute approximate surface area is 156 Å². The van der Waals surface area contributed by atoms with Crippen LogP contribution in [0.1, 0.15) is 11.1 Å². The predicted molar refractivity (Wildman–Crippen MR) is 106 cm³/mol. The number of halogens is 1. The normalized spacial score (nSPS) is 15.7. The van der Waals surface area contributed by atoms with Crippen LogP contribution in [0.3, 0.4) is 0 Å². The molecule has 0 spiro atoms. The number of anilines is 1. The number of aryl methyl sites for hydroxylation is 1. The predicted octanol–water partition coefficient (Wildman–Crippen LogP) is 4.76. The first-order valence-corrected chi connectivity index (χ1v) is 9.23. The Morgan fingerprint density at radius 1 is 1.24 bits per heavy atom. The molecule has 0 radical (unpaired) electrons. The van der Waals surface area contributed by atoms with Gasteiger partial charge in [0.05, 0.1) is 17.8 Å². The highest BCUT2D eigenvalue weighted by molar-refractivity contribution is 8.13. The van der Waals surface area contributed by atoms with Crippen molar-refractivity contribution in [2.75, 3.05) is 18.3 Å². The van der Waals surface area contributed by atoms with Gasteiger partial charge in [-0.05, 0) is 48.6 Å². The molecular weight excluding hydrogens is 356 g/mol. The Bertz CT molecular complexity index is 893. The molecule has 3 rings (SSSR count). The number of benzene rings is 2. The topological polar surface area (TPSA) is 41.9 Å². The van der Waals surface area contributed by atoms with E-state index < -0.39 is 0 Å². The van der Waals surface area contributed by atoms with Gasteiger partial charge in [0.15, 0.2) is 5.17 Å². The van der Waals surface area contributed by atoms with E-state index in [-0.39, 0.29) is 5.91 Å². The fourth-order valence-electron chi connectivity index (χ4n) is 2.55. The zero-order chi connectivity index (χ0) is 18.0. The third-order valence-electron chi connectivity index (χ3n) is 3.89. The summed E-state index contributed by atoms with van der Waals surface area (Å²) in [5, 5.41) is 1.07. The molecule has 0 saturated heterocycles. The lowest BCUT2D eigenvalue weighted by atomic mass is 10.1. The van der Waals surface area contributed by atoms with Gasteiger partial charge in [-0.15, -0.1) is 0 Å². The monoisotopic (exact) mass is 372 g/mol. The number of aliphatic imine (C=N–C) groups is 1. The molecule has 0 fully saturated rings. The summed E-state index contributed by atoms with van der Waals surface area (Å²) < 4.78 is 5.17. The van der Waals surface area contributed by atoms with E-state index in [9.17, 15) is 4.79 Å². The van der Waals surface area contributed by atoms with Crippen LogP contribution in [-0.4, -0.2) is 24.4 Å². The smallest absolute Gasteiger partial charge is 0.283 e. The molecule has 2 aromatic rings. The van der Waals surface area contributed by atoms with Crippen LogP contribution in [0, 0.1) is 6.92 Å². The average Bonchev–Trinajstić information content (AvgIpc) is 2.92. The average molecular weight is 373 g/mol. The number of hydrogen-bond donors (Lipinski definition) is 0. The van der Waals surface area contributed by atoms with Crippen molar-refractivity contribution < 1.29 is 9.53 Å². The highest BCUT2D eigenvalue weighted by Gasteiger charge is 2.31. The van der Waals surface area contributed by atoms with E-state index in [4.69, 9.17) is 16.3 Å². The summed E-state index contributed by atoms with van der Waals surface area (Å²) in [5.74, 6) is 0.393. The number of nitrogens with zero attached hydrogens (tertiary/aromatic N) is 2. The molecule has 2 aromatic carbocycles. The molecule has 0 unspecified atom stereocenters. The highest BCUT2D eigenvalue weighted by Crippen LogP contribution is 2.34. The van der Waals surface area contributed by atoms with E-state index in [1.165, 1.54) is 11.8 Å². The molecule has 1 aliphatic heterocycles. The van der Waals surface area contributed by atoms with Crippen molar-refractivity contribution in [3.05, 3.63) is 64.3 Å². The van der Waals surface area contributed by atoms with E-state index in [1.807, 2.05) is 43.5 Å². The van der Waals surface area contributed by atoms with Gasteiger partial charge in [-0.25, -0.2) is 4.99 Å². The number of amidine groups is 1. The van der Waals surface area contributed by atoms with Crippen molar-refractivity contribution in [2.24, 2.45) is 4.99 Å². The largest absolute Gasteiger partial charge is 0.495 e. The third-order valence-corrected chi connectivity index (χ3v) is 4.82. The van der Waals surface area contributed by atoms with Crippen molar-refractivity contribution in [3.63, 3.8) is 0 Å². The van der Waals surface area contributed by atoms with Crippen molar-refractivity contribution in [1.29, 1.82) is 0 Å². The zero-order valence-corrected chi connectivity index (χ0v) is 15.7. The molecule has 1 aliphatic rings. The standard InChI is InChI=1S/C19H17ClN2O2S/c1-12-6-4-5-7-13(12)10-16-18(23)22(19(21-16)25-3)14-8-9-17(24-2)15(20)11-14/h4-11H,1-3H3. The van der Waals surface area contributed by atoms with Gasteiger partial charge >= 0.3 is 0 Å². The van der Waals surface area contributed by atoms with E-state index in [0.29, 0.717) is 27.3 Å². The fourth-order valence-corrected chi connectivity index (χ4v) is 3.36. The summed E-state index contributed by atoms with van der Waals surface area (Å²) in [5.41, 5.74) is 3.14. The summed E-state index contributed by atoms with van der Waals surface area (Å²) in [4.78, 5) is 19.0. The van der Waals surface area contributed by atoms with Crippen molar-refractivity contribution in [2.45, 2.75) is 6.92 Å². The molecule has 128 valence electrons. The minimum absolute atomic E-state index is 0.172. The molecule has 0 aliphatic carbocycles. The first kappa shape index (κ1) is 17.6. The van der Waals surface area contributed by atoms with Gasteiger partial charge in [-0.2, -0.15) is 0 Å². The van der Waals surface area contributed by atoms with Gasteiger partial charge in [0, 0.05) is 0 Å². The summed E-state index contributed by atoms with van der Waals surface area (Å²) in [6.07, 6.45) is 3.71. The van der Waals surface area contributed by atoms with Gasteiger partial charge in [-0.3, -0.25) is 9.69 Å². The summed E-state index contributed by atoms with van der Waals surface area (Å²) in [7, 11) is 1.56. The molecule has 1 amide bonds. The molecular formula is C19H17ClN2O2S. The number of ether oxygens (including phenoxy) is 1. The van der Waals surface area contributed by atoms with Crippen LogP contribution in [-0.2, 0) is 4.79 Å². The lowest BCUT2D eigenvalue weighted by molar-refractivity contribution is -0.113. The second kappa shape index (κ2) is 7.33. The molecule has 0 aromatic heterocycles. The van der Waals surface area contributed by atoms with Gasteiger partial charge in [0.2, 0.25) is 0 Å².